The fourth-order valence-corrected chi connectivity index (χ4v) is 3.05. The van der Waals surface area contributed by atoms with Crippen molar-refractivity contribution in [2.45, 2.75) is 6.42 Å². The van der Waals surface area contributed by atoms with Gasteiger partial charge in [-0.3, -0.25) is 4.79 Å². The first-order valence-corrected chi connectivity index (χ1v) is 8.28. The van der Waals surface area contributed by atoms with Gasteiger partial charge in [0.15, 0.2) is 0 Å². The van der Waals surface area contributed by atoms with E-state index in [2.05, 4.69) is 5.32 Å². The average molecular weight is 356 g/mol. The maximum Gasteiger partial charge on any atom is 0.228 e. The fourth-order valence-electron chi connectivity index (χ4n) is 2.52. The maximum atomic E-state index is 12.4. The molecule has 0 aliphatic heterocycles. The Balaban J connectivity index is 1.83. The Hall–Kier alpha value is -2.29. The summed E-state index contributed by atoms with van der Waals surface area (Å²) >= 11 is 12.3. The summed E-state index contributed by atoms with van der Waals surface area (Å²) in [6.45, 7) is 0. The van der Waals surface area contributed by atoms with Crippen LogP contribution in [-0.4, -0.2) is 5.91 Å². The second-order valence-electron chi connectivity index (χ2n) is 5.34. The van der Waals surface area contributed by atoms with Gasteiger partial charge in [-0.05, 0) is 29.3 Å². The fraction of sp³-hybridized carbons (Fsp3) is 0.0500. The molecule has 3 aromatic carbocycles. The van der Waals surface area contributed by atoms with E-state index in [4.69, 9.17) is 23.2 Å². The zero-order valence-electron chi connectivity index (χ0n) is 12.8. The van der Waals surface area contributed by atoms with E-state index in [9.17, 15) is 4.79 Å². The van der Waals surface area contributed by atoms with Gasteiger partial charge in [0.05, 0.1) is 6.42 Å². The molecule has 0 heterocycles. The summed E-state index contributed by atoms with van der Waals surface area (Å²) in [5.41, 5.74) is 3.41. The first-order valence-electron chi connectivity index (χ1n) is 7.52. The summed E-state index contributed by atoms with van der Waals surface area (Å²) < 4.78 is 0. The van der Waals surface area contributed by atoms with Gasteiger partial charge in [0.25, 0.3) is 0 Å². The molecule has 2 nitrogen and oxygen atoms in total. The number of hydrogen-bond donors (Lipinski definition) is 1. The SMILES string of the molecule is O=C(Cc1c(Cl)cccc1Cl)Nc1ccccc1-c1ccccc1. The minimum Gasteiger partial charge on any atom is -0.325 e. The van der Waals surface area contributed by atoms with Crippen molar-refractivity contribution in [3.8, 4) is 11.1 Å². The van der Waals surface area contributed by atoms with Crippen LogP contribution < -0.4 is 5.32 Å². The highest BCUT2D eigenvalue weighted by atomic mass is 35.5. The summed E-state index contributed by atoms with van der Waals surface area (Å²) in [7, 11) is 0. The zero-order valence-corrected chi connectivity index (χ0v) is 14.3. The molecule has 0 spiro atoms. The summed E-state index contributed by atoms with van der Waals surface area (Å²) in [5.74, 6) is -0.159. The van der Waals surface area contributed by atoms with Gasteiger partial charge in [-0.2, -0.15) is 0 Å². The molecule has 0 saturated carbocycles. The zero-order chi connectivity index (χ0) is 16.9. The Kier molecular flexibility index (Phi) is 5.19. The second kappa shape index (κ2) is 7.52. The first kappa shape index (κ1) is 16.6. The van der Waals surface area contributed by atoms with E-state index in [1.54, 1.807) is 18.2 Å². The van der Waals surface area contributed by atoms with Crippen molar-refractivity contribution in [1.82, 2.24) is 0 Å². The normalized spacial score (nSPS) is 10.4. The molecule has 0 unspecified atom stereocenters. The van der Waals surface area contributed by atoms with Crippen LogP contribution in [0.2, 0.25) is 10.0 Å². The lowest BCUT2D eigenvalue weighted by molar-refractivity contribution is -0.115. The molecular formula is C20H15Cl2NO. The van der Waals surface area contributed by atoms with Crippen LogP contribution in [0.3, 0.4) is 0 Å². The van der Waals surface area contributed by atoms with Crippen molar-refractivity contribution in [3.63, 3.8) is 0 Å². The van der Waals surface area contributed by atoms with E-state index in [-0.39, 0.29) is 12.3 Å². The maximum absolute atomic E-state index is 12.4. The van der Waals surface area contributed by atoms with Crippen LogP contribution in [0, 0.1) is 0 Å². The van der Waals surface area contributed by atoms with Crippen LogP contribution in [0.15, 0.2) is 72.8 Å². The van der Waals surface area contributed by atoms with Crippen LogP contribution in [0.4, 0.5) is 5.69 Å². The molecule has 3 rings (SSSR count). The van der Waals surface area contributed by atoms with E-state index in [0.717, 1.165) is 16.8 Å². The Morgan fingerprint density at radius 1 is 0.792 bits per heavy atom. The summed E-state index contributed by atoms with van der Waals surface area (Å²) in [6, 6.07) is 22.8. The standard InChI is InChI=1S/C20H15Cl2NO/c21-17-10-6-11-18(22)16(17)13-20(24)23-19-12-5-4-9-15(19)14-7-2-1-3-8-14/h1-12H,13H2,(H,23,24). The number of rotatable bonds is 4. The summed E-state index contributed by atoms with van der Waals surface area (Å²) in [6.07, 6.45) is 0.127. The quantitative estimate of drug-likeness (QED) is 0.625. The van der Waals surface area contributed by atoms with Crippen LogP contribution in [0.25, 0.3) is 11.1 Å². The third kappa shape index (κ3) is 3.78. The minimum absolute atomic E-state index is 0.127. The minimum atomic E-state index is -0.159. The van der Waals surface area contributed by atoms with Gasteiger partial charge in [-0.25, -0.2) is 0 Å². The number of amides is 1. The van der Waals surface area contributed by atoms with Crippen molar-refractivity contribution in [1.29, 1.82) is 0 Å². The van der Waals surface area contributed by atoms with E-state index < -0.39 is 0 Å². The first-order chi connectivity index (χ1) is 11.6. The van der Waals surface area contributed by atoms with E-state index >= 15 is 0 Å². The van der Waals surface area contributed by atoms with Gasteiger partial charge in [0.2, 0.25) is 5.91 Å². The number of anilines is 1. The van der Waals surface area contributed by atoms with Gasteiger partial charge in [0.1, 0.15) is 0 Å². The number of hydrogen-bond acceptors (Lipinski definition) is 1. The highest BCUT2D eigenvalue weighted by molar-refractivity contribution is 6.36. The van der Waals surface area contributed by atoms with Crippen molar-refractivity contribution in [3.05, 3.63) is 88.4 Å². The van der Waals surface area contributed by atoms with E-state index in [0.29, 0.717) is 15.6 Å². The Labute approximate surface area is 151 Å². The molecule has 120 valence electrons. The van der Waals surface area contributed by atoms with Crippen LogP contribution >= 0.6 is 23.2 Å². The lowest BCUT2D eigenvalue weighted by atomic mass is 10.0. The lowest BCUT2D eigenvalue weighted by Gasteiger charge is -2.12. The monoisotopic (exact) mass is 355 g/mol. The van der Waals surface area contributed by atoms with Gasteiger partial charge in [-0.1, -0.05) is 77.8 Å². The average Bonchev–Trinajstić information content (AvgIpc) is 2.60. The van der Waals surface area contributed by atoms with Crippen LogP contribution in [-0.2, 0) is 11.2 Å². The third-order valence-electron chi connectivity index (χ3n) is 3.68. The Morgan fingerprint density at radius 3 is 2.12 bits per heavy atom. The van der Waals surface area contributed by atoms with Crippen LogP contribution in [0.1, 0.15) is 5.56 Å². The molecule has 1 N–H and O–H groups in total. The molecule has 0 fully saturated rings. The topological polar surface area (TPSA) is 29.1 Å². The number of halogens is 2. The number of nitrogens with one attached hydrogen (secondary N) is 1. The Morgan fingerprint density at radius 2 is 1.42 bits per heavy atom. The van der Waals surface area contributed by atoms with Gasteiger partial charge < -0.3 is 5.32 Å². The highest BCUT2D eigenvalue weighted by Gasteiger charge is 2.13. The largest absolute Gasteiger partial charge is 0.325 e. The molecular weight excluding hydrogens is 341 g/mol. The molecule has 24 heavy (non-hydrogen) atoms. The van der Waals surface area contributed by atoms with Crippen molar-refractivity contribution >= 4 is 34.8 Å². The van der Waals surface area contributed by atoms with Crippen molar-refractivity contribution in [2.24, 2.45) is 0 Å². The van der Waals surface area contributed by atoms with Crippen LogP contribution in [0.5, 0.6) is 0 Å². The molecule has 0 radical (unpaired) electrons. The van der Waals surface area contributed by atoms with Gasteiger partial charge >= 0.3 is 0 Å². The number of benzene rings is 3. The molecule has 3 aromatic rings. The second-order valence-corrected chi connectivity index (χ2v) is 6.15. The molecule has 0 aromatic heterocycles. The van der Waals surface area contributed by atoms with Crippen molar-refractivity contribution < 1.29 is 4.79 Å². The molecule has 0 bridgehead atoms. The smallest absolute Gasteiger partial charge is 0.228 e. The lowest BCUT2D eigenvalue weighted by Crippen LogP contribution is -2.15. The van der Waals surface area contributed by atoms with E-state index in [1.165, 1.54) is 0 Å². The molecule has 4 heteroatoms. The molecule has 1 amide bonds. The molecule has 0 aliphatic rings. The summed E-state index contributed by atoms with van der Waals surface area (Å²) in [5, 5.41) is 3.94. The third-order valence-corrected chi connectivity index (χ3v) is 4.39. The predicted octanol–water partition coefficient (Wildman–Crippen LogP) is 5.84. The summed E-state index contributed by atoms with van der Waals surface area (Å²) in [4.78, 5) is 12.4. The molecule has 0 atom stereocenters. The number of carbonyl (C=O) groups excluding carboxylic acids is 1. The molecule has 0 saturated heterocycles. The Bertz CT molecular complexity index is 842. The number of para-hydroxylation sites is 1. The van der Waals surface area contributed by atoms with Gasteiger partial charge in [0, 0.05) is 21.3 Å². The van der Waals surface area contributed by atoms with E-state index in [1.807, 2.05) is 54.6 Å². The number of carbonyl (C=O) groups is 1. The molecule has 0 aliphatic carbocycles. The highest BCUT2D eigenvalue weighted by Crippen LogP contribution is 2.29. The van der Waals surface area contributed by atoms with Crippen molar-refractivity contribution in [2.75, 3.05) is 5.32 Å². The van der Waals surface area contributed by atoms with Gasteiger partial charge in [-0.15, -0.1) is 0 Å². The predicted molar refractivity (Wildman–Crippen MR) is 101 cm³/mol.